The van der Waals surface area contributed by atoms with Gasteiger partial charge in [0.1, 0.15) is 5.75 Å². The van der Waals surface area contributed by atoms with Gasteiger partial charge in [-0.2, -0.15) is 0 Å². The first-order valence-electron chi connectivity index (χ1n) is 5.99. The summed E-state index contributed by atoms with van der Waals surface area (Å²) in [4.78, 5) is 4.46. The number of benzene rings is 1. The minimum absolute atomic E-state index is 0. The van der Waals surface area contributed by atoms with Crippen LogP contribution in [0.3, 0.4) is 0 Å². The molecule has 0 fully saturated rings. The maximum atomic E-state index is 5.22. The van der Waals surface area contributed by atoms with Gasteiger partial charge in [0, 0.05) is 6.54 Å². The van der Waals surface area contributed by atoms with Crippen LogP contribution >= 0.6 is 39.9 Å². The zero-order valence-electron chi connectivity index (χ0n) is 11.6. The first-order valence-corrected chi connectivity index (χ1v) is 6.78. The molecule has 1 rings (SSSR count). The number of guanidine groups is 1. The van der Waals surface area contributed by atoms with Crippen molar-refractivity contribution in [1.82, 2.24) is 10.6 Å². The van der Waals surface area contributed by atoms with Gasteiger partial charge in [-0.3, -0.25) is 0 Å². The zero-order chi connectivity index (χ0) is 14.1. The number of methoxy groups -OCH3 is 1. The van der Waals surface area contributed by atoms with E-state index in [1.54, 1.807) is 7.11 Å². The van der Waals surface area contributed by atoms with E-state index >= 15 is 0 Å². The van der Waals surface area contributed by atoms with Crippen LogP contribution in [0.5, 0.6) is 5.75 Å². The molecule has 4 nitrogen and oxygen atoms in total. The zero-order valence-corrected chi connectivity index (χ0v) is 15.5. The average Bonchev–Trinajstić information content (AvgIpc) is 2.42. The fourth-order valence-electron chi connectivity index (χ4n) is 1.46. The van der Waals surface area contributed by atoms with Gasteiger partial charge in [-0.05, 0) is 40.5 Å². The van der Waals surface area contributed by atoms with E-state index in [-0.39, 0.29) is 24.0 Å². The molecule has 0 atom stereocenters. The van der Waals surface area contributed by atoms with Crippen molar-refractivity contribution in [1.29, 1.82) is 0 Å². The average molecular weight is 452 g/mol. The smallest absolute Gasteiger partial charge is 0.192 e. The molecule has 1 aromatic carbocycles. The lowest BCUT2D eigenvalue weighted by Crippen LogP contribution is -2.37. The number of rotatable bonds is 5. The predicted molar refractivity (Wildman–Crippen MR) is 97.8 cm³/mol. The molecule has 0 aliphatic rings. The molecule has 0 bridgehead atoms. The van der Waals surface area contributed by atoms with Crippen LogP contribution < -0.4 is 15.4 Å². The Morgan fingerprint density at radius 3 is 2.75 bits per heavy atom. The third-order valence-electron chi connectivity index (χ3n) is 2.34. The Labute approximate surface area is 145 Å². The number of terminal acetylenes is 1. The van der Waals surface area contributed by atoms with Crippen LogP contribution in [0.15, 0.2) is 27.7 Å². The number of hydrogen-bond donors (Lipinski definition) is 2. The second kappa shape index (κ2) is 10.8. The number of nitrogens with one attached hydrogen (secondary N) is 2. The Kier molecular flexibility index (Phi) is 10.3. The Hall–Kier alpha value is -0.940. The number of ether oxygens (including phenoxy) is 1. The Balaban J connectivity index is 0.00000361. The lowest BCUT2D eigenvalue weighted by atomic mass is 10.2. The van der Waals surface area contributed by atoms with Gasteiger partial charge in [-0.15, -0.1) is 30.4 Å². The molecule has 0 heterocycles. The second-order valence-electron chi connectivity index (χ2n) is 3.72. The van der Waals surface area contributed by atoms with Gasteiger partial charge < -0.3 is 15.4 Å². The predicted octanol–water partition coefficient (Wildman–Crippen LogP) is 2.76. The minimum atomic E-state index is 0. The summed E-state index contributed by atoms with van der Waals surface area (Å²) in [5.41, 5.74) is 1.09. The van der Waals surface area contributed by atoms with E-state index in [0.717, 1.165) is 22.3 Å². The van der Waals surface area contributed by atoms with E-state index in [2.05, 4.69) is 37.5 Å². The summed E-state index contributed by atoms with van der Waals surface area (Å²) in [6, 6.07) is 5.89. The summed E-state index contributed by atoms with van der Waals surface area (Å²) in [6.07, 6.45) is 5.22. The molecule has 110 valence electrons. The van der Waals surface area contributed by atoms with Crippen LogP contribution in [0.1, 0.15) is 12.5 Å². The quantitative estimate of drug-likeness (QED) is 0.313. The van der Waals surface area contributed by atoms with Crippen molar-refractivity contribution >= 4 is 45.9 Å². The van der Waals surface area contributed by atoms with Gasteiger partial charge in [-0.1, -0.05) is 12.0 Å². The van der Waals surface area contributed by atoms with Crippen molar-refractivity contribution in [3.05, 3.63) is 28.2 Å². The molecule has 0 aliphatic carbocycles. The Morgan fingerprint density at radius 2 is 2.20 bits per heavy atom. The molecule has 0 unspecified atom stereocenters. The topological polar surface area (TPSA) is 45.7 Å². The fraction of sp³-hybridized carbons (Fsp3) is 0.357. The van der Waals surface area contributed by atoms with Gasteiger partial charge in [0.2, 0.25) is 0 Å². The third kappa shape index (κ3) is 6.48. The van der Waals surface area contributed by atoms with Gasteiger partial charge in [0.15, 0.2) is 5.96 Å². The van der Waals surface area contributed by atoms with Crippen LogP contribution in [0.2, 0.25) is 0 Å². The van der Waals surface area contributed by atoms with Crippen molar-refractivity contribution in [3.8, 4) is 18.1 Å². The molecule has 6 heteroatoms. The highest BCUT2D eigenvalue weighted by molar-refractivity contribution is 14.0. The molecule has 0 radical (unpaired) electrons. The normalized spacial score (nSPS) is 10.2. The summed E-state index contributed by atoms with van der Waals surface area (Å²) >= 11 is 3.46. The van der Waals surface area contributed by atoms with E-state index in [0.29, 0.717) is 19.0 Å². The molecule has 0 spiro atoms. The number of halogens is 2. The van der Waals surface area contributed by atoms with Crippen molar-refractivity contribution in [2.45, 2.75) is 13.5 Å². The second-order valence-corrected chi connectivity index (χ2v) is 4.58. The monoisotopic (exact) mass is 451 g/mol. The van der Waals surface area contributed by atoms with E-state index in [4.69, 9.17) is 11.2 Å². The Morgan fingerprint density at radius 1 is 1.45 bits per heavy atom. The van der Waals surface area contributed by atoms with E-state index in [1.165, 1.54) is 0 Å². The molecule has 0 aromatic heterocycles. The first kappa shape index (κ1) is 19.1. The molecule has 0 amide bonds. The van der Waals surface area contributed by atoms with Crippen molar-refractivity contribution < 1.29 is 4.74 Å². The highest BCUT2D eigenvalue weighted by Gasteiger charge is 2.01. The minimum Gasteiger partial charge on any atom is -0.496 e. The largest absolute Gasteiger partial charge is 0.496 e. The van der Waals surface area contributed by atoms with Gasteiger partial charge >= 0.3 is 0 Å². The summed E-state index contributed by atoms with van der Waals surface area (Å²) in [7, 11) is 1.64. The number of nitrogens with zero attached hydrogens (tertiary/aromatic N) is 1. The maximum absolute atomic E-state index is 5.22. The Bertz CT molecular complexity index is 486. The summed E-state index contributed by atoms with van der Waals surface area (Å²) in [5.74, 6) is 4.05. The lowest BCUT2D eigenvalue weighted by molar-refractivity contribution is 0.412. The van der Waals surface area contributed by atoms with Crippen LogP contribution in [-0.4, -0.2) is 26.2 Å². The molecule has 0 saturated carbocycles. The van der Waals surface area contributed by atoms with Crippen LogP contribution in [0.25, 0.3) is 0 Å². The summed E-state index contributed by atoms with van der Waals surface area (Å²) < 4.78 is 6.11. The van der Waals surface area contributed by atoms with Crippen molar-refractivity contribution in [2.24, 2.45) is 4.99 Å². The maximum Gasteiger partial charge on any atom is 0.192 e. The number of hydrogen-bond acceptors (Lipinski definition) is 2. The first-order chi connectivity index (χ1) is 9.21. The fourth-order valence-corrected chi connectivity index (χ4v) is 2.04. The SMILES string of the molecule is C#CCNC(=NCc1ccc(OC)c(Br)c1)NCC.I. The third-order valence-corrected chi connectivity index (χ3v) is 2.96. The number of aliphatic imine (C=N–C) groups is 1. The molecule has 20 heavy (non-hydrogen) atoms. The van der Waals surface area contributed by atoms with E-state index in [9.17, 15) is 0 Å². The standard InChI is InChI=1S/C14H18BrN3O.HI/c1-4-8-17-14(16-5-2)18-10-11-6-7-13(19-3)12(15)9-11;/h1,6-7,9H,5,8,10H2,2-3H3,(H2,16,17,18);1H. The van der Waals surface area contributed by atoms with Gasteiger partial charge in [-0.25, -0.2) is 4.99 Å². The van der Waals surface area contributed by atoms with Crippen molar-refractivity contribution in [3.63, 3.8) is 0 Å². The highest BCUT2D eigenvalue weighted by Crippen LogP contribution is 2.25. The van der Waals surface area contributed by atoms with E-state index in [1.807, 2.05) is 25.1 Å². The van der Waals surface area contributed by atoms with E-state index < -0.39 is 0 Å². The van der Waals surface area contributed by atoms with Crippen LogP contribution in [0, 0.1) is 12.3 Å². The van der Waals surface area contributed by atoms with Gasteiger partial charge in [0.25, 0.3) is 0 Å². The van der Waals surface area contributed by atoms with Crippen molar-refractivity contribution in [2.75, 3.05) is 20.2 Å². The molecule has 2 N–H and O–H groups in total. The molecule has 1 aromatic rings. The van der Waals surface area contributed by atoms with Crippen LogP contribution in [0.4, 0.5) is 0 Å². The highest BCUT2D eigenvalue weighted by atomic mass is 127. The summed E-state index contributed by atoms with van der Waals surface area (Å²) in [6.45, 7) is 3.83. The van der Waals surface area contributed by atoms with Gasteiger partial charge in [0.05, 0.1) is 24.7 Å². The molecular weight excluding hydrogens is 433 g/mol. The molecule has 0 saturated heterocycles. The summed E-state index contributed by atoms with van der Waals surface area (Å²) in [5, 5.41) is 6.18. The lowest BCUT2D eigenvalue weighted by Gasteiger charge is -2.09. The molecule has 0 aliphatic heterocycles. The van der Waals surface area contributed by atoms with Crippen LogP contribution in [-0.2, 0) is 6.54 Å². The molecular formula is C14H19BrIN3O.